The van der Waals surface area contributed by atoms with E-state index in [0.717, 1.165) is 11.6 Å². The first-order valence-corrected chi connectivity index (χ1v) is 8.83. The van der Waals surface area contributed by atoms with Gasteiger partial charge in [0.2, 0.25) is 0 Å². The number of Topliss-reactive ketones (excluding diaryl/α,β-unsaturated/α-hetero) is 1. The largest absolute Gasteiger partial charge is 0.482 e. The molecule has 0 amide bonds. The molecule has 0 spiro atoms. The van der Waals surface area contributed by atoms with Crippen LogP contribution in [0.5, 0.6) is 5.75 Å². The smallest absolute Gasteiger partial charge is 0.331 e. The van der Waals surface area contributed by atoms with Crippen LogP contribution < -0.4 is 4.74 Å². The molecule has 2 aromatic carbocycles. The van der Waals surface area contributed by atoms with Crippen molar-refractivity contribution in [2.24, 2.45) is 0 Å². The van der Waals surface area contributed by atoms with Crippen molar-refractivity contribution in [2.45, 2.75) is 25.6 Å². The van der Waals surface area contributed by atoms with Gasteiger partial charge in [0.15, 0.2) is 11.9 Å². The van der Waals surface area contributed by atoms with Gasteiger partial charge in [0.25, 0.3) is 0 Å². The molecule has 0 aromatic heterocycles. The zero-order chi connectivity index (χ0) is 21.4. The summed E-state index contributed by atoms with van der Waals surface area (Å²) in [6.07, 6.45) is 0.870. The van der Waals surface area contributed by atoms with Crippen LogP contribution in [0.1, 0.15) is 35.9 Å². The summed E-state index contributed by atoms with van der Waals surface area (Å²) < 4.78 is 11.0. The van der Waals surface area contributed by atoms with E-state index < -0.39 is 29.4 Å². The van der Waals surface area contributed by atoms with Crippen molar-refractivity contribution in [3.05, 3.63) is 77.9 Å². The Morgan fingerprint density at radius 3 is 2.17 bits per heavy atom. The third kappa shape index (κ3) is 6.90. The first-order chi connectivity index (χ1) is 13.7. The number of benzene rings is 2. The van der Waals surface area contributed by atoms with Gasteiger partial charge in [-0.15, -0.1) is 0 Å². The van der Waals surface area contributed by atoms with Crippen LogP contribution in [0.3, 0.4) is 0 Å². The lowest BCUT2D eigenvalue weighted by Crippen LogP contribution is -2.31. The standard InChI is InChI=1S/C22H22O7/c1-22(2,27)21(26)16-8-10-17(11-9-16)29-18(15-6-4-3-5-7-15)14-28-20(25)13-12-19(23)24/h3-13,18,27H,14H2,1-2H3,(H,23,24)/b13-12-. The molecule has 0 aliphatic heterocycles. The van der Waals surface area contributed by atoms with E-state index in [-0.39, 0.29) is 6.61 Å². The van der Waals surface area contributed by atoms with Crippen molar-refractivity contribution in [1.29, 1.82) is 0 Å². The fraction of sp³-hybridized carbons (Fsp3) is 0.227. The van der Waals surface area contributed by atoms with Crippen LogP contribution >= 0.6 is 0 Å². The van der Waals surface area contributed by atoms with Gasteiger partial charge in [-0.3, -0.25) is 4.79 Å². The van der Waals surface area contributed by atoms with E-state index in [9.17, 15) is 19.5 Å². The number of ether oxygens (including phenoxy) is 2. The molecule has 1 atom stereocenters. The Morgan fingerprint density at radius 2 is 1.62 bits per heavy atom. The summed E-state index contributed by atoms with van der Waals surface area (Å²) in [6, 6.07) is 15.3. The Labute approximate surface area is 168 Å². The van der Waals surface area contributed by atoms with Gasteiger partial charge in [0.1, 0.15) is 18.0 Å². The Bertz CT molecular complexity index is 878. The van der Waals surface area contributed by atoms with E-state index in [2.05, 4.69) is 0 Å². The lowest BCUT2D eigenvalue weighted by atomic mass is 9.97. The second-order valence-corrected chi connectivity index (χ2v) is 6.73. The van der Waals surface area contributed by atoms with Gasteiger partial charge >= 0.3 is 11.9 Å². The predicted octanol–water partition coefficient (Wildman–Crippen LogP) is 2.94. The molecule has 0 aliphatic carbocycles. The average Bonchev–Trinajstić information content (AvgIpc) is 2.69. The molecule has 2 N–H and O–H groups in total. The molecule has 29 heavy (non-hydrogen) atoms. The van der Waals surface area contributed by atoms with Crippen LogP contribution in [0, 0.1) is 0 Å². The summed E-state index contributed by atoms with van der Waals surface area (Å²) >= 11 is 0. The number of ketones is 1. The van der Waals surface area contributed by atoms with Crippen molar-refractivity contribution in [3.8, 4) is 5.75 Å². The van der Waals surface area contributed by atoms with E-state index in [1.54, 1.807) is 36.4 Å². The highest BCUT2D eigenvalue weighted by molar-refractivity contribution is 6.01. The molecule has 2 aromatic rings. The highest BCUT2D eigenvalue weighted by Crippen LogP contribution is 2.24. The molecular formula is C22H22O7. The molecule has 0 aliphatic rings. The van der Waals surface area contributed by atoms with Gasteiger partial charge in [-0.25, -0.2) is 9.59 Å². The van der Waals surface area contributed by atoms with Crippen LogP contribution in [0.15, 0.2) is 66.7 Å². The Kier molecular flexibility index (Phi) is 7.27. The second kappa shape index (κ2) is 9.66. The number of rotatable bonds is 9. The van der Waals surface area contributed by atoms with Crippen molar-refractivity contribution < 1.29 is 34.1 Å². The fourth-order valence-corrected chi connectivity index (χ4v) is 2.41. The zero-order valence-corrected chi connectivity index (χ0v) is 16.1. The average molecular weight is 398 g/mol. The van der Waals surface area contributed by atoms with Gasteiger partial charge in [-0.05, 0) is 43.7 Å². The number of hydrogen-bond acceptors (Lipinski definition) is 6. The molecule has 2 rings (SSSR count). The number of carboxylic acids is 1. The normalized spacial score (nSPS) is 12.4. The monoisotopic (exact) mass is 398 g/mol. The van der Waals surface area contributed by atoms with Gasteiger partial charge in [-0.1, -0.05) is 30.3 Å². The molecule has 1 unspecified atom stereocenters. The predicted molar refractivity (Wildman–Crippen MR) is 105 cm³/mol. The molecule has 152 valence electrons. The number of carboxylic acid groups (broad SMARTS) is 1. The molecule has 7 nitrogen and oxygen atoms in total. The first-order valence-electron chi connectivity index (χ1n) is 8.83. The minimum atomic E-state index is -1.48. The molecule has 0 fully saturated rings. The number of esters is 1. The number of carbonyl (C=O) groups is 3. The van der Waals surface area contributed by atoms with Crippen LogP contribution in [0.4, 0.5) is 0 Å². The maximum absolute atomic E-state index is 12.1. The van der Waals surface area contributed by atoms with Crippen molar-refractivity contribution >= 4 is 17.7 Å². The Morgan fingerprint density at radius 1 is 1.00 bits per heavy atom. The summed E-state index contributed by atoms with van der Waals surface area (Å²) in [5, 5.41) is 18.4. The summed E-state index contributed by atoms with van der Waals surface area (Å²) in [6.45, 7) is 2.69. The summed E-state index contributed by atoms with van der Waals surface area (Å²) in [7, 11) is 0. The molecule has 0 heterocycles. The molecule has 0 radical (unpaired) electrons. The number of carbonyl (C=O) groups excluding carboxylic acids is 2. The lowest BCUT2D eigenvalue weighted by molar-refractivity contribution is -0.141. The number of hydrogen-bond donors (Lipinski definition) is 2. The Hall–Kier alpha value is -3.45. The first kappa shape index (κ1) is 21.8. The summed E-state index contributed by atoms with van der Waals surface area (Å²) in [5.74, 6) is -2.03. The van der Waals surface area contributed by atoms with E-state index in [4.69, 9.17) is 14.6 Å². The van der Waals surface area contributed by atoms with E-state index >= 15 is 0 Å². The molecule has 0 saturated carbocycles. The van der Waals surface area contributed by atoms with Gasteiger partial charge in [0.05, 0.1) is 0 Å². The van der Waals surface area contributed by atoms with Crippen molar-refractivity contribution in [3.63, 3.8) is 0 Å². The Balaban J connectivity index is 2.13. The van der Waals surface area contributed by atoms with Gasteiger partial charge in [0, 0.05) is 17.7 Å². The lowest BCUT2D eigenvalue weighted by Gasteiger charge is -2.20. The molecule has 0 bridgehead atoms. The quantitative estimate of drug-likeness (QED) is 0.380. The van der Waals surface area contributed by atoms with E-state index in [1.807, 2.05) is 18.2 Å². The minimum absolute atomic E-state index is 0.142. The highest BCUT2D eigenvalue weighted by Gasteiger charge is 2.25. The van der Waals surface area contributed by atoms with E-state index in [0.29, 0.717) is 17.4 Å². The van der Waals surface area contributed by atoms with E-state index in [1.165, 1.54) is 13.8 Å². The van der Waals surface area contributed by atoms with Crippen LogP contribution in [-0.2, 0) is 14.3 Å². The topological polar surface area (TPSA) is 110 Å². The van der Waals surface area contributed by atoms with Crippen molar-refractivity contribution in [2.75, 3.05) is 6.61 Å². The highest BCUT2D eigenvalue weighted by atomic mass is 16.6. The zero-order valence-electron chi connectivity index (χ0n) is 16.1. The van der Waals surface area contributed by atoms with Crippen LogP contribution in [-0.4, -0.2) is 40.1 Å². The second-order valence-electron chi connectivity index (χ2n) is 6.73. The third-order valence-corrected chi connectivity index (χ3v) is 3.86. The van der Waals surface area contributed by atoms with Gasteiger partial charge < -0.3 is 19.7 Å². The summed E-state index contributed by atoms with van der Waals surface area (Å²) in [4.78, 5) is 34.3. The van der Waals surface area contributed by atoms with Crippen LogP contribution in [0.2, 0.25) is 0 Å². The fourth-order valence-electron chi connectivity index (χ4n) is 2.41. The number of aliphatic hydroxyl groups is 1. The maximum Gasteiger partial charge on any atom is 0.331 e. The minimum Gasteiger partial charge on any atom is -0.482 e. The molecular weight excluding hydrogens is 376 g/mol. The van der Waals surface area contributed by atoms with Crippen molar-refractivity contribution in [1.82, 2.24) is 0 Å². The molecule has 7 heteroatoms. The van der Waals surface area contributed by atoms with Gasteiger partial charge in [-0.2, -0.15) is 0 Å². The maximum atomic E-state index is 12.1. The third-order valence-electron chi connectivity index (χ3n) is 3.86. The number of aliphatic carboxylic acids is 1. The molecule has 0 saturated heterocycles. The van der Waals surface area contributed by atoms with Crippen LogP contribution in [0.25, 0.3) is 0 Å². The SMILES string of the molecule is CC(C)(O)C(=O)c1ccc(OC(COC(=O)/C=C\C(=O)O)c2ccccc2)cc1. The summed E-state index contributed by atoms with van der Waals surface area (Å²) in [5.41, 5.74) is -0.391.